The van der Waals surface area contributed by atoms with E-state index < -0.39 is 12.0 Å². The fraction of sp³-hybridized carbons (Fsp3) is 0.818. The van der Waals surface area contributed by atoms with Crippen molar-refractivity contribution in [1.29, 1.82) is 0 Å². The Kier molecular flexibility index (Phi) is 4.59. The van der Waals surface area contributed by atoms with E-state index in [-0.39, 0.29) is 6.04 Å². The van der Waals surface area contributed by atoms with Gasteiger partial charge in [0, 0.05) is 6.04 Å². The number of hydrogen-bond acceptors (Lipinski definition) is 2. The van der Waals surface area contributed by atoms with Gasteiger partial charge in [-0.2, -0.15) is 0 Å². The van der Waals surface area contributed by atoms with Crippen molar-refractivity contribution in [2.75, 3.05) is 0 Å². The Morgan fingerprint density at radius 1 is 1.53 bits per heavy atom. The first kappa shape index (κ1) is 12.0. The summed E-state index contributed by atoms with van der Waals surface area (Å²) in [6, 6.07) is -0.424. The molecule has 1 amide bonds. The fourth-order valence-corrected chi connectivity index (χ4v) is 1.77. The minimum atomic E-state index is -0.870. The molecule has 1 aliphatic rings. The molecule has 1 unspecified atom stereocenters. The van der Waals surface area contributed by atoms with Gasteiger partial charge in [-0.25, -0.2) is 4.79 Å². The van der Waals surface area contributed by atoms with Gasteiger partial charge in [-0.15, -0.1) is 0 Å². The molecule has 15 heavy (non-hydrogen) atoms. The maximum Gasteiger partial charge on any atom is 0.326 e. The zero-order valence-corrected chi connectivity index (χ0v) is 9.19. The van der Waals surface area contributed by atoms with E-state index in [0.717, 1.165) is 32.1 Å². The monoisotopic (exact) mass is 213 g/mol. The third-order valence-electron chi connectivity index (χ3n) is 2.82. The average molecular weight is 213 g/mol. The number of unbranched alkanes of at least 4 members (excludes halogenated alkanes) is 2. The molecule has 1 rings (SSSR count). The topological polar surface area (TPSA) is 57.6 Å². The highest BCUT2D eigenvalue weighted by molar-refractivity contribution is 5.76. The van der Waals surface area contributed by atoms with Gasteiger partial charge in [0.05, 0.1) is 0 Å². The number of rotatable bonds is 8. The molecule has 1 N–H and O–H groups in total. The molecule has 1 fully saturated rings. The Morgan fingerprint density at radius 3 is 2.60 bits per heavy atom. The third kappa shape index (κ3) is 3.53. The van der Waals surface area contributed by atoms with Gasteiger partial charge in [-0.3, -0.25) is 4.79 Å². The lowest BCUT2D eigenvalue weighted by atomic mass is 10.1. The van der Waals surface area contributed by atoms with Crippen LogP contribution >= 0.6 is 0 Å². The van der Waals surface area contributed by atoms with Gasteiger partial charge in [0.1, 0.15) is 6.04 Å². The summed E-state index contributed by atoms with van der Waals surface area (Å²) in [6.07, 6.45) is 6.16. The number of nitrogens with zero attached hydrogens (tertiary/aromatic N) is 1. The van der Waals surface area contributed by atoms with E-state index in [4.69, 9.17) is 5.11 Å². The van der Waals surface area contributed by atoms with Crippen LogP contribution in [0.3, 0.4) is 0 Å². The predicted octanol–water partition coefficient (Wildman–Crippen LogP) is 1.64. The van der Waals surface area contributed by atoms with Crippen molar-refractivity contribution in [3.63, 3.8) is 0 Å². The molecule has 1 aliphatic carbocycles. The Hall–Kier alpha value is -1.06. The molecular weight excluding hydrogens is 194 g/mol. The third-order valence-corrected chi connectivity index (χ3v) is 2.82. The highest BCUT2D eigenvalue weighted by Crippen LogP contribution is 2.28. The molecule has 0 heterocycles. The number of amides is 1. The lowest BCUT2D eigenvalue weighted by Gasteiger charge is -2.24. The summed E-state index contributed by atoms with van der Waals surface area (Å²) in [7, 11) is 0. The minimum absolute atomic E-state index is 0.185. The van der Waals surface area contributed by atoms with Crippen molar-refractivity contribution in [1.82, 2.24) is 4.90 Å². The number of carboxylic acids is 1. The summed E-state index contributed by atoms with van der Waals surface area (Å²) >= 11 is 0. The molecule has 0 spiro atoms. The molecule has 86 valence electrons. The molecule has 0 saturated heterocycles. The van der Waals surface area contributed by atoms with Crippen molar-refractivity contribution in [2.24, 2.45) is 0 Å². The quantitative estimate of drug-likeness (QED) is 0.492. The summed E-state index contributed by atoms with van der Waals surface area (Å²) in [6.45, 7) is 2.08. The normalized spacial score (nSPS) is 17.1. The number of hydrogen-bond donors (Lipinski definition) is 1. The van der Waals surface area contributed by atoms with Gasteiger partial charge in [-0.1, -0.05) is 26.2 Å². The fourth-order valence-electron chi connectivity index (χ4n) is 1.77. The maximum atomic E-state index is 11.0. The molecule has 1 atom stereocenters. The second-order valence-electron chi connectivity index (χ2n) is 4.13. The summed E-state index contributed by atoms with van der Waals surface area (Å²) < 4.78 is 0. The average Bonchev–Trinajstić information content (AvgIpc) is 3.00. The van der Waals surface area contributed by atoms with E-state index in [1.807, 2.05) is 0 Å². The molecule has 0 aromatic heterocycles. The SMILES string of the molecule is CCCCCC(C(=O)O)N(C=O)C1CC1. The Labute approximate surface area is 90.3 Å². The van der Waals surface area contributed by atoms with E-state index in [2.05, 4.69) is 6.92 Å². The number of aliphatic carboxylic acids is 1. The van der Waals surface area contributed by atoms with Crippen LogP contribution in [0.25, 0.3) is 0 Å². The van der Waals surface area contributed by atoms with Gasteiger partial charge in [0.2, 0.25) is 6.41 Å². The van der Waals surface area contributed by atoms with Gasteiger partial charge in [0.25, 0.3) is 0 Å². The zero-order valence-electron chi connectivity index (χ0n) is 9.19. The predicted molar refractivity (Wildman–Crippen MR) is 56.5 cm³/mol. The van der Waals surface area contributed by atoms with Crippen LogP contribution in [0, 0.1) is 0 Å². The first-order chi connectivity index (χ1) is 7.20. The second-order valence-corrected chi connectivity index (χ2v) is 4.13. The Bertz CT molecular complexity index is 226. The van der Waals surface area contributed by atoms with Crippen LogP contribution in [-0.2, 0) is 9.59 Å². The van der Waals surface area contributed by atoms with Crippen molar-refractivity contribution < 1.29 is 14.7 Å². The molecule has 4 nitrogen and oxygen atoms in total. The molecule has 0 aromatic rings. The zero-order chi connectivity index (χ0) is 11.3. The van der Waals surface area contributed by atoms with Crippen LogP contribution in [0.4, 0.5) is 0 Å². The van der Waals surface area contributed by atoms with Crippen molar-refractivity contribution in [3.05, 3.63) is 0 Å². The van der Waals surface area contributed by atoms with Crippen LogP contribution in [0.1, 0.15) is 45.4 Å². The van der Waals surface area contributed by atoms with Crippen LogP contribution in [0.2, 0.25) is 0 Å². The smallest absolute Gasteiger partial charge is 0.326 e. The molecular formula is C11H19NO3. The van der Waals surface area contributed by atoms with Crippen LogP contribution < -0.4 is 0 Å². The summed E-state index contributed by atoms with van der Waals surface area (Å²) in [5, 5.41) is 9.05. The lowest BCUT2D eigenvalue weighted by molar-refractivity contribution is -0.147. The molecule has 0 aliphatic heterocycles. The van der Waals surface area contributed by atoms with Crippen LogP contribution in [0.15, 0.2) is 0 Å². The van der Waals surface area contributed by atoms with Crippen LogP contribution in [-0.4, -0.2) is 34.5 Å². The van der Waals surface area contributed by atoms with Gasteiger partial charge < -0.3 is 10.0 Å². The highest BCUT2D eigenvalue weighted by Gasteiger charge is 2.35. The van der Waals surface area contributed by atoms with Crippen molar-refractivity contribution in [3.8, 4) is 0 Å². The summed E-state index contributed by atoms with van der Waals surface area (Å²) in [4.78, 5) is 23.3. The van der Waals surface area contributed by atoms with E-state index >= 15 is 0 Å². The van der Waals surface area contributed by atoms with E-state index in [1.165, 1.54) is 4.90 Å². The maximum absolute atomic E-state index is 11.0. The van der Waals surface area contributed by atoms with Gasteiger partial charge in [-0.05, 0) is 19.3 Å². The van der Waals surface area contributed by atoms with E-state index in [9.17, 15) is 9.59 Å². The lowest BCUT2D eigenvalue weighted by Crippen LogP contribution is -2.41. The molecule has 4 heteroatoms. The highest BCUT2D eigenvalue weighted by atomic mass is 16.4. The van der Waals surface area contributed by atoms with E-state index in [1.54, 1.807) is 0 Å². The number of carboxylic acid groups (broad SMARTS) is 1. The van der Waals surface area contributed by atoms with Crippen molar-refractivity contribution >= 4 is 12.4 Å². The summed E-state index contributed by atoms with van der Waals surface area (Å²) in [5.74, 6) is -0.870. The number of carbonyl (C=O) groups is 2. The summed E-state index contributed by atoms with van der Waals surface area (Å²) in [5.41, 5.74) is 0. The Morgan fingerprint density at radius 2 is 2.20 bits per heavy atom. The molecule has 0 radical (unpaired) electrons. The van der Waals surface area contributed by atoms with Crippen molar-refractivity contribution in [2.45, 2.75) is 57.5 Å². The van der Waals surface area contributed by atoms with E-state index in [0.29, 0.717) is 12.8 Å². The molecule has 1 saturated carbocycles. The van der Waals surface area contributed by atoms with Gasteiger partial charge in [0.15, 0.2) is 0 Å². The minimum Gasteiger partial charge on any atom is -0.480 e. The van der Waals surface area contributed by atoms with Crippen LogP contribution in [0.5, 0.6) is 0 Å². The first-order valence-corrected chi connectivity index (χ1v) is 5.66. The Balaban J connectivity index is 2.46. The molecule has 0 aromatic carbocycles. The first-order valence-electron chi connectivity index (χ1n) is 5.66. The second kappa shape index (κ2) is 5.73. The standard InChI is InChI=1S/C11H19NO3/c1-2-3-4-5-10(11(14)15)12(8-13)9-6-7-9/h8-10H,2-7H2,1H3,(H,14,15). The number of carbonyl (C=O) groups excluding carboxylic acids is 1. The molecule has 0 bridgehead atoms. The largest absolute Gasteiger partial charge is 0.480 e. The van der Waals surface area contributed by atoms with Gasteiger partial charge >= 0.3 is 5.97 Å².